The van der Waals surface area contributed by atoms with Crippen molar-refractivity contribution < 1.29 is 4.74 Å². The van der Waals surface area contributed by atoms with Crippen LogP contribution >= 0.6 is 23.2 Å². The van der Waals surface area contributed by atoms with Gasteiger partial charge < -0.3 is 15.0 Å². The highest BCUT2D eigenvalue weighted by atomic mass is 35.5. The van der Waals surface area contributed by atoms with Gasteiger partial charge in [0, 0.05) is 52.8 Å². The number of methoxy groups -OCH3 is 1. The van der Waals surface area contributed by atoms with Crippen LogP contribution in [-0.2, 0) is 18.5 Å². The van der Waals surface area contributed by atoms with E-state index in [1.165, 1.54) is 22.2 Å². The van der Waals surface area contributed by atoms with Gasteiger partial charge in [-0.25, -0.2) is 0 Å². The van der Waals surface area contributed by atoms with Gasteiger partial charge in [0.2, 0.25) is 0 Å². The first-order valence-electron chi connectivity index (χ1n) is 10.2. The normalized spacial score (nSPS) is 18.9. The zero-order valence-electron chi connectivity index (χ0n) is 16.5. The molecule has 1 aromatic heterocycles. The Morgan fingerprint density at radius 3 is 2.69 bits per heavy atom. The Bertz CT molecular complexity index is 1050. The number of halogens is 2. The van der Waals surface area contributed by atoms with Crippen LogP contribution in [0.25, 0.3) is 10.9 Å². The molecule has 1 fully saturated rings. The molecule has 0 aliphatic carbocycles. The third-order valence-electron chi connectivity index (χ3n) is 6.55. The van der Waals surface area contributed by atoms with Crippen molar-refractivity contribution in [3.05, 3.63) is 63.3 Å². The first-order chi connectivity index (χ1) is 14.1. The van der Waals surface area contributed by atoms with Gasteiger partial charge in [-0.05, 0) is 60.7 Å². The third-order valence-corrected chi connectivity index (χ3v) is 7.14. The molecule has 2 aromatic carbocycles. The second-order valence-corrected chi connectivity index (χ2v) is 9.00. The monoisotopic (exact) mass is 429 g/mol. The van der Waals surface area contributed by atoms with Gasteiger partial charge in [-0.15, -0.1) is 0 Å². The van der Waals surface area contributed by atoms with Gasteiger partial charge in [0.05, 0.1) is 12.6 Å². The van der Waals surface area contributed by atoms with Crippen LogP contribution in [0.3, 0.4) is 0 Å². The molecular weight excluding hydrogens is 405 g/mol. The summed E-state index contributed by atoms with van der Waals surface area (Å²) in [5.41, 5.74) is 5.19. The molecule has 0 atom stereocenters. The number of piperidine rings is 1. The number of hydrogen-bond acceptors (Lipinski definition) is 3. The SMILES string of the molecule is COc1ccc2[nH]c3c(c2c1)CCNC31CCN(Cc2ccc(Cl)cc2Cl)CC1. The molecule has 152 valence electrons. The molecule has 2 N–H and O–H groups in total. The van der Waals surface area contributed by atoms with E-state index >= 15 is 0 Å². The predicted molar refractivity (Wildman–Crippen MR) is 119 cm³/mol. The molecule has 0 unspecified atom stereocenters. The molecule has 0 bridgehead atoms. The van der Waals surface area contributed by atoms with Crippen LogP contribution in [0.1, 0.15) is 29.7 Å². The van der Waals surface area contributed by atoms with E-state index < -0.39 is 0 Å². The molecule has 0 saturated carbocycles. The highest BCUT2D eigenvalue weighted by molar-refractivity contribution is 6.35. The van der Waals surface area contributed by atoms with Crippen molar-refractivity contribution in [2.45, 2.75) is 31.3 Å². The molecule has 2 aliphatic heterocycles. The molecule has 29 heavy (non-hydrogen) atoms. The maximum Gasteiger partial charge on any atom is 0.119 e. The molecule has 1 saturated heterocycles. The van der Waals surface area contributed by atoms with Gasteiger partial charge in [0.25, 0.3) is 0 Å². The van der Waals surface area contributed by atoms with E-state index in [9.17, 15) is 0 Å². The summed E-state index contributed by atoms with van der Waals surface area (Å²) in [4.78, 5) is 6.22. The molecule has 2 aliphatic rings. The van der Waals surface area contributed by atoms with E-state index in [1.807, 2.05) is 24.3 Å². The highest BCUT2D eigenvalue weighted by Crippen LogP contribution is 2.41. The summed E-state index contributed by atoms with van der Waals surface area (Å²) in [7, 11) is 1.73. The van der Waals surface area contributed by atoms with E-state index in [0.717, 1.165) is 61.8 Å². The van der Waals surface area contributed by atoms with E-state index in [-0.39, 0.29) is 5.54 Å². The Kier molecular flexibility index (Phi) is 4.99. The largest absolute Gasteiger partial charge is 0.497 e. The lowest BCUT2D eigenvalue weighted by Crippen LogP contribution is -2.54. The molecular formula is C23H25Cl2N3O. The highest BCUT2D eigenvalue weighted by Gasteiger charge is 2.41. The number of nitrogens with one attached hydrogen (secondary N) is 2. The lowest BCUT2D eigenvalue weighted by Gasteiger charge is -2.45. The van der Waals surface area contributed by atoms with Crippen LogP contribution in [0, 0.1) is 0 Å². The molecule has 6 heteroatoms. The van der Waals surface area contributed by atoms with Gasteiger partial charge >= 0.3 is 0 Å². The van der Waals surface area contributed by atoms with Crippen LogP contribution < -0.4 is 10.1 Å². The Morgan fingerprint density at radius 2 is 1.93 bits per heavy atom. The number of benzene rings is 2. The summed E-state index contributed by atoms with van der Waals surface area (Å²) in [6, 6.07) is 12.1. The summed E-state index contributed by atoms with van der Waals surface area (Å²) < 4.78 is 5.45. The topological polar surface area (TPSA) is 40.3 Å². The van der Waals surface area contributed by atoms with Gasteiger partial charge in [0.15, 0.2) is 0 Å². The summed E-state index contributed by atoms with van der Waals surface area (Å²) in [6.07, 6.45) is 3.21. The van der Waals surface area contributed by atoms with Crippen molar-refractivity contribution in [2.24, 2.45) is 0 Å². The minimum Gasteiger partial charge on any atom is -0.497 e. The number of rotatable bonds is 3. The molecule has 0 amide bonds. The summed E-state index contributed by atoms with van der Waals surface area (Å²) in [6.45, 7) is 3.94. The average molecular weight is 430 g/mol. The number of aromatic nitrogens is 1. The van der Waals surface area contributed by atoms with Gasteiger partial charge in [-0.3, -0.25) is 4.90 Å². The van der Waals surface area contributed by atoms with Gasteiger partial charge in [-0.2, -0.15) is 0 Å². The number of likely N-dealkylation sites (tertiary alicyclic amines) is 1. The lowest BCUT2D eigenvalue weighted by molar-refractivity contribution is 0.121. The van der Waals surface area contributed by atoms with Crippen molar-refractivity contribution >= 4 is 34.1 Å². The quantitative estimate of drug-likeness (QED) is 0.606. The Morgan fingerprint density at radius 1 is 1.10 bits per heavy atom. The first kappa shape index (κ1) is 19.3. The second-order valence-electron chi connectivity index (χ2n) is 8.16. The maximum atomic E-state index is 6.39. The fraction of sp³-hybridized carbons (Fsp3) is 0.391. The van der Waals surface area contributed by atoms with Crippen LogP contribution in [0.2, 0.25) is 10.0 Å². The van der Waals surface area contributed by atoms with Crippen molar-refractivity contribution in [3.8, 4) is 5.75 Å². The van der Waals surface area contributed by atoms with Crippen molar-refractivity contribution in [2.75, 3.05) is 26.7 Å². The number of aromatic amines is 1. The number of H-pyrrole nitrogens is 1. The van der Waals surface area contributed by atoms with Crippen molar-refractivity contribution in [1.82, 2.24) is 15.2 Å². The molecule has 5 rings (SSSR count). The molecule has 3 aromatic rings. The van der Waals surface area contributed by atoms with Crippen LogP contribution in [0.15, 0.2) is 36.4 Å². The van der Waals surface area contributed by atoms with E-state index in [4.69, 9.17) is 27.9 Å². The fourth-order valence-corrected chi connectivity index (χ4v) is 5.42. The van der Waals surface area contributed by atoms with Gasteiger partial charge in [0.1, 0.15) is 5.75 Å². The standard InChI is InChI=1S/C23H25Cl2N3O/c1-29-17-4-5-21-19(13-17)18-6-9-26-23(22(18)27-21)7-10-28(11-8-23)14-15-2-3-16(24)12-20(15)25/h2-5,12-13,26-27H,6-11,14H2,1H3. The third kappa shape index (κ3) is 3.42. The Labute approximate surface area is 181 Å². The lowest BCUT2D eigenvalue weighted by atomic mass is 9.79. The van der Waals surface area contributed by atoms with Gasteiger partial charge in [-0.1, -0.05) is 29.3 Å². The first-order valence-corrected chi connectivity index (χ1v) is 10.9. The van der Waals surface area contributed by atoms with Crippen LogP contribution in [-0.4, -0.2) is 36.6 Å². The maximum absolute atomic E-state index is 6.39. The molecule has 1 spiro atoms. The number of ether oxygens (including phenoxy) is 1. The summed E-state index contributed by atoms with van der Waals surface area (Å²) in [5.74, 6) is 0.918. The number of nitrogens with zero attached hydrogens (tertiary/aromatic N) is 1. The summed E-state index contributed by atoms with van der Waals surface area (Å²) in [5, 5.41) is 6.59. The molecule has 3 heterocycles. The Balaban J connectivity index is 1.38. The fourth-order valence-electron chi connectivity index (χ4n) is 4.95. The number of fused-ring (bicyclic) bond motifs is 4. The smallest absolute Gasteiger partial charge is 0.119 e. The second kappa shape index (κ2) is 7.51. The molecule has 0 radical (unpaired) electrons. The van der Waals surface area contributed by atoms with Crippen molar-refractivity contribution in [3.63, 3.8) is 0 Å². The van der Waals surface area contributed by atoms with E-state index in [2.05, 4.69) is 27.3 Å². The van der Waals surface area contributed by atoms with E-state index in [1.54, 1.807) is 7.11 Å². The average Bonchev–Trinajstić information content (AvgIpc) is 3.11. The van der Waals surface area contributed by atoms with Crippen molar-refractivity contribution in [1.29, 1.82) is 0 Å². The van der Waals surface area contributed by atoms with Crippen LogP contribution in [0.5, 0.6) is 5.75 Å². The van der Waals surface area contributed by atoms with E-state index in [0.29, 0.717) is 5.02 Å². The molecule has 4 nitrogen and oxygen atoms in total. The zero-order chi connectivity index (χ0) is 20.0. The zero-order valence-corrected chi connectivity index (χ0v) is 18.0. The predicted octanol–water partition coefficient (Wildman–Crippen LogP) is 5.12. The van der Waals surface area contributed by atoms with Crippen LogP contribution in [0.4, 0.5) is 0 Å². The minimum atomic E-state index is 0.0279. The summed E-state index contributed by atoms with van der Waals surface area (Å²) >= 11 is 12.4. The number of hydrogen-bond donors (Lipinski definition) is 2. The minimum absolute atomic E-state index is 0.0279. The Hall–Kier alpha value is -1.72.